The lowest BCUT2D eigenvalue weighted by Gasteiger charge is -2.18. The quantitative estimate of drug-likeness (QED) is 0.478. The first-order chi connectivity index (χ1) is 4.70. The zero-order valence-electron chi connectivity index (χ0n) is 6.62. The van der Waals surface area contributed by atoms with Crippen molar-refractivity contribution in [3.8, 4) is 0 Å². The molecule has 62 valence electrons. The summed E-state index contributed by atoms with van der Waals surface area (Å²) in [7, 11) is 3.90. The number of nitrogens with zero attached hydrogens (tertiary/aromatic N) is 2. The van der Waals surface area contributed by atoms with Crippen LogP contribution in [0.5, 0.6) is 0 Å². The van der Waals surface area contributed by atoms with Gasteiger partial charge in [0.2, 0.25) is 0 Å². The second-order valence-corrected chi connectivity index (χ2v) is 2.48. The summed E-state index contributed by atoms with van der Waals surface area (Å²) >= 11 is 0. The summed E-state index contributed by atoms with van der Waals surface area (Å²) < 4.78 is 0. The van der Waals surface area contributed by atoms with Crippen LogP contribution < -0.4 is 0 Å². The van der Waals surface area contributed by atoms with Gasteiger partial charge in [-0.25, -0.2) is 0 Å². The Hall–Kier alpha value is -0.160. The summed E-state index contributed by atoms with van der Waals surface area (Å²) in [6.07, 6.45) is 0. The van der Waals surface area contributed by atoms with Gasteiger partial charge in [0, 0.05) is 13.1 Å². The Balaban J connectivity index is 3.26. The van der Waals surface area contributed by atoms with Crippen molar-refractivity contribution in [2.45, 2.75) is 0 Å². The van der Waals surface area contributed by atoms with Crippen LogP contribution >= 0.6 is 0 Å². The fourth-order valence-electron chi connectivity index (χ4n) is 0.528. The Labute approximate surface area is 61.7 Å². The summed E-state index contributed by atoms with van der Waals surface area (Å²) in [6, 6.07) is 0. The van der Waals surface area contributed by atoms with E-state index in [-0.39, 0.29) is 13.5 Å². The molecule has 0 aliphatic carbocycles. The molecule has 0 radical (unpaired) electrons. The fourth-order valence-corrected chi connectivity index (χ4v) is 0.528. The lowest BCUT2D eigenvalue weighted by atomic mass is 10.5. The number of hydrogen-bond acceptors (Lipinski definition) is 4. The summed E-state index contributed by atoms with van der Waals surface area (Å²) in [4.78, 5) is 3.54. The highest BCUT2D eigenvalue weighted by Crippen LogP contribution is 1.83. The molecule has 2 N–H and O–H groups in total. The van der Waals surface area contributed by atoms with Gasteiger partial charge in [-0.3, -0.25) is 4.90 Å². The summed E-state index contributed by atoms with van der Waals surface area (Å²) in [5.74, 6) is 0. The molecule has 0 aromatic heterocycles. The molecule has 0 bridgehead atoms. The Bertz CT molecular complexity index is 74.1. The normalized spacial score (nSPS) is 11.4. The summed E-state index contributed by atoms with van der Waals surface area (Å²) in [5, 5.41) is 17.2. The van der Waals surface area contributed by atoms with Crippen molar-refractivity contribution in [3.05, 3.63) is 0 Å². The van der Waals surface area contributed by atoms with E-state index in [1.807, 2.05) is 19.0 Å². The molecule has 0 unspecified atom stereocenters. The maximum atomic E-state index is 8.59. The van der Waals surface area contributed by atoms with Crippen LogP contribution in [0.15, 0.2) is 0 Å². The lowest BCUT2D eigenvalue weighted by Crippen LogP contribution is -2.33. The Kier molecular flexibility index (Phi) is 5.52. The first-order valence-electron chi connectivity index (χ1n) is 3.29. The molecule has 0 spiro atoms. The van der Waals surface area contributed by atoms with E-state index in [0.29, 0.717) is 6.54 Å². The second-order valence-electron chi connectivity index (χ2n) is 2.48. The Morgan fingerprint density at radius 3 is 1.80 bits per heavy atom. The minimum absolute atomic E-state index is 0.0790. The highest BCUT2D eigenvalue weighted by Gasteiger charge is 1.99. The smallest absolute Gasteiger partial charge is 0.0974 e. The number of hydrogen-bond donors (Lipinski definition) is 2. The van der Waals surface area contributed by atoms with Crippen molar-refractivity contribution in [1.82, 2.24) is 9.80 Å². The molecule has 4 nitrogen and oxygen atoms in total. The first kappa shape index (κ1) is 9.84. The summed E-state index contributed by atoms with van der Waals surface area (Å²) in [5.41, 5.74) is 0. The largest absolute Gasteiger partial charge is 0.381 e. The predicted molar refractivity (Wildman–Crippen MR) is 39.4 cm³/mol. The fraction of sp³-hybridized carbons (Fsp3) is 1.00. The third-order valence-corrected chi connectivity index (χ3v) is 1.26. The maximum absolute atomic E-state index is 8.59. The number of rotatable bonds is 5. The van der Waals surface area contributed by atoms with Crippen LogP contribution in [0.2, 0.25) is 0 Å². The van der Waals surface area contributed by atoms with Crippen molar-refractivity contribution < 1.29 is 10.2 Å². The molecule has 0 fully saturated rings. The monoisotopic (exact) mass is 148 g/mol. The molecule has 0 saturated heterocycles. The van der Waals surface area contributed by atoms with Crippen LogP contribution in [0.25, 0.3) is 0 Å². The van der Waals surface area contributed by atoms with E-state index in [2.05, 4.69) is 0 Å². The average Bonchev–Trinajstić information content (AvgIpc) is 1.90. The van der Waals surface area contributed by atoms with E-state index in [4.69, 9.17) is 10.2 Å². The van der Waals surface area contributed by atoms with E-state index in [1.165, 1.54) is 0 Å². The van der Waals surface area contributed by atoms with E-state index in [9.17, 15) is 0 Å². The number of aliphatic hydroxyl groups is 2. The van der Waals surface area contributed by atoms with Gasteiger partial charge in [-0.1, -0.05) is 0 Å². The van der Waals surface area contributed by atoms with E-state index < -0.39 is 0 Å². The highest BCUT2D eigenvalue weighted by molar-refractivity contribution is 4.49. The van der Waals surface area contributed by atoms with Gasteiger partial charge in [-0.15, -0.1) is 0 Å². The van der Waals surface area contributed by atoms with Crippen LogP contribution in [0.3, 0.4) is 0 Å². The summed E-state index contributed by atoms with van der Waals surface area (Å²) in [6.45, 7) is 1.38. The van der Waals surface area contributed by atoms with E-state index in [1.54, 1.807) is 4.90 Å². The Morgan fingerprint density at radius 2 is 1.50 bits per heavy atom. The van der Waals surface area contributed by atoms with Crippen molar-refractivity contribution in [2.24, 2.45) is 0 Å². The standard InChI is InChI=1S/C6H16N2O2/c1-7(2)3-4-8(5-9)6-10/h9-10H,3-6H2,1-2H3. The molecule has 10 heavy (non-hydrogen) atoms. The van der Waals surface area contributed by atoms with Gasteiger partial charge in [0.15, 0.2) is 0 Å². The van der Waals surface area contributed by atoms with Gasteiger partial charge < -0.3 is 15.1 Å². The molecule has 0 atom stereocenters. The number of likely N-dealkylation sites (N-methyl/N-ethyl adjacent to an activating group) is 1. The van der Waals surface area contributed by atoms with E-state index >= 15 is 0 Å². The van der Waals surface area contributed by atoms with Crippen LogP contribution in [0.1, 0.15) is 0 Å². The molecule has 0 amide bonds. The van der Waals surface area contributed by atoms with Crippen molar-refractivity contribution in [3.63, 3.8) is 0 Å². The lowest BCUT2D eigenvalue weighted by molar-refractivity contribution is 0.0258. The third-order valence-electron chi connectivity index (χ3n) is 1.26. The van der Waals surface area contributed by atoms with Gasteiger partial charge in [0.1, 0.15) is 0 Å². The zero-order chi connectivity index (χ0) is 7.98. The van der Waals surface area contributed by atoms with E-state index in [0.717, 1.165) is 6.54 Å². The van der Waals surface area contributed by atoms with Crippen LogP contribution in [0, 0.1) is 0 Å². The topological polar surface area (TPSA) is 46.9 Å². The average molecular weight is 148 g/mol. The van der Waals surface area contributed by atoms with Gasteiger partial charge in [0.25, 0.3) is 0 Å². The van der Waals surface area contributed by atoms with Crippen molar-refractivity contribution >= 4 is 0 Å². The molecule has 0 aromatic carbocycles. The highest BCUT2D eigenvalue weighted by atomic mass is 16.3. The first-order valence-corrected chi connectivity index (χ1v) is 3.29. The van der Waals surface area contributed by atoms with Crippen molar-refractivity contribution in [1.29, 1.82) is 0 Å². The molecular formula is C6H16N2O2. The molecule has 0 aliphatic heterocycles. The predicted octanol–water partition coefficient (Wildman–Crippen LogP) is -1.25. The van der Waals surface area contributed by atoms with Crippen LogP contribution in [-0.4, -0.2) is 60.7 Å². The minimum atomic E-state index is -0.0790. The van der Waals surface area contributed by atoms with Crippen molar-refractivity contribution in [2.75, 3.05) is 40.6 Å². The molecule has 4 heteroatoms. The molecule has 0 rings (SSSR count). The second kappa shape index (κ2) is 5.61. The van der Waals surface area contributed by atoms with Gasteiger partial charge in [-0.05, 0) is 14.1 Å². The van der Waals surface area contributed by atoms with Gasteiger partial charge >= 0.3 is 0 Å². The van der Waals surface area contributed by atoms with Gasteiger partial charge in [-0.2, -0.15) is 0 Å². The Morgan fingerprint density at radius 1 is 1.00 bits per heavy atom. The minimum Gasteiger partial charge on any atom is -0.381 e. The molecule has 0 aliphatic rings. The van der Waals surface area contributed by atoms with Crippen LogP contribution in [0.4, 0.5) is 0 Å². The molecule has 0 saturated carbocycles. The van der Waals surface area contributed by atoms with Gasteiger partial charge in [0.05, 0.1) is 13.5 Å². The maximum Gasteiger partial charge on any atom is 0.0974 e. The number of aliphatic hydroxyl groups excluding tert-OH is 2. The molecule has 0 heterocycles. The van der Waals surface area contributed by atoms with Crippen LogP contribution in [-0.2, 0) is 0 Å². The molecule has 0 aromatic rings. The SMILES string of the molecule is CN(C)CCN(CO)CO. The zero-order valence-corrected chi connectivity index (χ0v) is 6.62. The molecular weight excluding hydrogens is 132 g/mol. The third kappa shape index (κ3) is 4.69.